The molecule has 1 atom stereocenters. The van der Waals surface area contributed by atoms with Crippen LogP contribution in [0.1, 0.15) is 27.0 Å². The number of hydrogen-bond acceptors (Lipinski definition) is 4. The lowest BCUT2D eigenvalue weighted by atomic mass is 9.95. The quantitative estimate of drug-likeness (QED) is 0.703. The molecule has 2 N–H and O–H groups in total. The minimum atomic E-state index is -1.22. The molecule has 0 saturated heterocycles. The second kappa shape index (κ2) is 8.93. The van der Waals surface area contributed by atoms with Crippen molar-refractivity contribution >= 4 is 5.78 Å². The summed E-state index contributed by atoms with van der Waals surface area (Å²) >= 11 is 0. The number of halogens is 3. The monoisotopic (exact) mass is 368 g/mol. The van der Waals surface area contributed by atoms with Crippen molar-refractivity contribution in [2.45, 2.75) is 19.4 Å². The topological polar surface area (TPSA) is 66.8 Å². The van der Waals surface area contributed by atoms with E-state index >= 15 is 0 Å². The van der Waals surface area contributed by atoms with Crippen molar-refractivity contribution in [2.75, 3.05) is 19.8 Å². The third kappa shape index (κ3) is 4.91. The molecule has 0 bridgehead atoms. The van der Waals surface area contributed by atoms with E-state index in [0.717, 1.165) is 12.1 Å². The summed E-state index contributed by atoms with van der Waals surface area (Å²) in [6.45, 7) is 0.388. The molecule has 0 fully saturated rings. The zero-order valence-electron chi connectivity index (χ0n) is 14.1. The van der Waals surface area contributed by atoms with E-state index in [9.17, 15) is 23.1 Å². The van der Waals surface area contributed by atoms with Crippen LogP contribution in [0.3, 0.4) is 0 Å². The van der Waals surface area contributed by atoms with Gasteiger partial charge in [0.15, 0.2) is 17.4 Å². The van der Waals surface area contributed by atoms with Crippen LogP contribution >= 0.6 is 0 Å². The van der Waals surface area contributed by atoms with Crippen LogP contribution in [0, 0.1) is 24.4 Å². The van der Waals surface area contributed by atoms with Gasteiger partial charge >= 0.3 is 0 Å². The van der Waals surface area contributed by atoms with E-state index in [4.69, 9.17) is 9.84 Å². The van der Waals surface area contributed by atoms with Gasteiger partial charge in [-0.2, -0.15) is 0 Å². The maximum Gasteiger partial charge on any atom is 0.188 e. The van der Waals surface area contributed by atoms with Gasteiger partial charge in [0.05, 0.1) is 13.2 Å². The molecule has 140 valence electrons. The number of aliphatic hydroxyl groups excluding tert-OH is 2. The highest BCUT2D eigenvalue weighted by molar-refractivity contribution is 5.98. The lowest BCUT2D eigenvalue weighted by molar-refractivity contribution is 0.00893. The Morgan fingerprint density at radius 3 is 2.54 bits per heavy atom. The smallest absolute Gasteiger partial charge is 0.188 e. The van der Waals surface area contributed by atoms with E-state index in [-0.39, 0.29) is 29.7 Å². The number of Topliss-reactive ketones (excluding diaryl/α,β-unsaturated/α-hetero) is 1. The average molecular weight is 368 g/mol. The lowest BCUT2D eigenvalue weighted by Gasteiger charge is -2.13. The number of ether oxygens (including phenoxy) is 1. The summed E-state index contributed by atoms with van der Waals surface area (Å²) in [4.78, 5) is 12.3. The van der Waals surface area contributed by atoms with Gasteiger partial charge in [-0.05, 0) is 36.2 Å². The molecule has 0 unspecified atom stereocenters. The van der Waals surface area contributed by atoms with Crippen molar-refractivity contribution < 1.29 is 32.9 Å². The van der Waals surface area contributed by atoms with Gasteiger partial charge in [-0.1, -0.05) is 12.1 Å². The second-order valence-corrected chi connectivity index (χ2v) is 5.93. The van der Waals surface area contributed by atoms with Gasteiger partial charge in [0.25, 0.3) is 0 Å². The first-order valence-corrected chi connectivity index (χ1v) is 7.95. The highest BCUT2D eigenvalue weighted by Gasteiger charge is 2.20. The van der Waals surface area contributed by atoms with Gasteiger partial charge in [0, 0.05) is 17.5 Å². The number of rotatable bonds is 8. The Kier molecular flexibility index (Phi) is 6.90. The first-order chi connectivity index (χ1) is 12.3. The average Bonchev–Trinajstić information content (AvgIpc) is 2.60. The minimum absolute atomic E-state index is 0.123. The van der Waals surface area contributed by atoms with Crippen LogP contribution in [0.15, 0.2) is 30.3 Å². The molecule has 4 nitrogen and oxygen atoms in total. The number of ketones is 1. The first kappa shape index (κ1) is 20.1. The van der Waals surface area contributed by atoms with Crippen LogP contribution in [0.25, 0.3) is 0 Å². The number of hydrogen-bond donors (Lipinski definition) is 2. The minimum Gasteiger partial charge on any atom is -0.394 e. The second-order valence-electron chi connectivity index (χ2n) is 5.93. The number of carbonyl (C=O) groups excluding carboxylic acids is 1. The summed E-state index contributed by atoms with van der Waals surface area (Å²) in [7, 11) is 0. The van der Waals surface area contributed by atoms with Crippen LogP contribution in [-0.2, 0) is 11.2 Å². The van der Waals surface area contributed by atoms with E-state index in [1.165, 1.54) is 12.1 Å². The molecule has 0 aliphatic rings. The molecular formula is C19H19F3O4. The summed E-state index contributed by atoms with van der Waals surface area (Å²) in [5, 5.41) is 17.9. The van der Waals surface area contributed by atoms with Crippen molar-refractivity contribution in [1.82, 2.24) is 0 Å². The Hall–Kier alpha value is -2.22. The number of carbonyl (C=O) groups is 1. The fraction of sp³-hybridized carbons (Fsp3) is 0.316. The number of benzene rings is 2. The van der Waals surface area contributed by atoms with Gasteiger partial charge in [-0.3, -0.25) is 4.79 Å². The summed E-state index contributed by atoms with van der Waals surface area (Å²) in [5.74, 6) is -3.57. The largest absolute Gasteiger partial charge is 0.394 e. The lowest BCUT2D eigenvalue weighted by Crippen LogP contribution is -2.22. The zero-order chi connectivity index (χ0) is 19.3. The molecule has 0 aliphatic carbocycles. The van der Waals surface area contributed by atoms with Gasteiger partial charge < -0.3 is 14.9 Å². The third-order valence-corrected chi connectivity index (χ3v) is 3.83. The zero-order valence-corrected chi connectivity index (χ0v) is 14.1. The maximum absolute atomic E-state index is 14.3. The molecule has 2 aromatic rings. The van der Waals surface area contributed by atoms with Gasteiger partial charge in [0.2, 0.25) is 0 Å². The number of aliphatic hydroxyl groups is 2. The van der Waals surface area contributed by atoms with Crippen LogP contribution in [0.2, 0.25) is 0 Å². The fourth-order valence-electron chi connectivity index (χ4n) is 2.43. The molecular weight excluding hydrogens is 349 g/mol. The molecule has 0 aromatic heterocycles. The van der Waals surface area contributed by atoms with E-state index in [1.54, 1.807) is 13.0 Å². The Bertz CT molecular complexity index is 793. The fourth-order valence-corrected chi connectivity index (χ4v) is 2.43. The SMILES string of the molecule is Cc1ccc(Cc2c(C(=O)COC[C@H](O)CO)ccc(F)c2F)c(F)c1. The standard InChI is InChI=1S/C19H19F3O4/c1-11-2-3-12(17(21)6-11)7-15-14(4-5-16(20)19(15)22)18(25)10-26-9-13(24)8-23/h2-6,13,23-24H,7-10H2,1H3/t13-/m1/s1. The third-order valence-electron chi connectivity index (χ3n) is 3.83. The van der Waals surface area contributed by atoms with E-state index < -0.39 is 42.6 Å². The van der Waals surface area contributed by atoms with Crippen LogP contribution < -0.4 is 0 Å². The van der Waals surface area contributed by atoms with Gasteiger partial charge in [-0.25, -0.2) is 13.2 Å². The molecule has 7 heteroatoms. The summed E-state index contributed by atoms with van der Waals surface area (Å²) in [5.41, 5.74) is 0.426. The Labute approximate surface area is 148 Å². The highest BCUT2D eigenvalue weighted by Crippen LogP contribution is 2.23. The molecule has 0 radical (unpaired) electrons. The number of aryl methyl sites for hydroxylation is 1. The van der Waals surface area contributed by atoms with E-state index in [1.807, 2.05) is 0 Å². The summed E-state index contributed by atoms with van der Waals surface area (Å²) in [6, 6.07) is 6.30. The van der Waals surface area contributed by atoms with Crippen molar-refractivity contribution in [1.29, 1.82) is 0 Å². The highest BCUT2D eigenvalue weighted by atomic mass is 19.2. The molecule has 2 rings (SSSR count). The predicted octanol–water partition coefficient (Wildman–Crippen LogP) is 2.56. The predicted molar refractivity (Wildman–Crippen MR) is 88.5 cm³/mol. The van der Waals surface area contributed by atoms with Gasteiger partial charge in [0.1, 0.15) is 18.5 Å². The van der Waals surface area contributed by atoms with Crippen LogP contribution in [-0.4, -0.2) is 41.9 Å². The normalized spacial score (nSPS) is 12.2. The van der Waals surface area contributed by atoms with Gasteiger partial charge in [-0.15, -0.1) is 0 Å². The molecule has 2 aromatic carbocycles. The van der Waals surface area contributed by atoms with Crippen molar-refractivity contribution in [2.24, 2.45) is 0 Å². The van der Waals surface area contributed by atoms with Crippen LogP contribution in [0.4, 0.5) is 13.2 Å². The van der Waals surface area contributed by atoms with E-state index in [2.05, 4.69) is 0 Å². The van der Waals surface area contributed by atoms with Crippen molar-refractivity contribution in [3.05, 3.63) is 70.0 Å². The van der Waals surface area contributed by atoms with E-state index in [0.29, 0.717) is 5.56 Å². The Balaban J connectivity index is 2.27. The molecule has 0 saturated carbocycles. The summed E-state index contributed by atoms with van der Waals surface area (Å²) < 4.78 is 46.9. The molecule has 0 amide bonds. The summed E-state index contributed by atoms with van der Waals surface area (Å²) in [6.07, 6.45) is -1.44. The molecule has 0 spiro atoms. The molecule has 0 heterocycles. The molecule has 0 aliphatic heterocycles. The Morgan fingerprint density at radius 1 is 1.15 bits per heavy atom. The first-order valence-electron chi connectivity index (χ1n) is 7.95. The Morgan fingerprint density at radius 2 is 1.88 bits per heavy atom. The maximum atomic E-state index is 14.3. The molecule has 26 heavy (non-hydrogen) atoms. The van der Waals surface area contributed by atoms with Crippen molar-refractivity contribution in [3.8, 4) is 0 Å². The van der Waals surface area contributed by atoms with Crippen molar-refractivity contribution in [3.63, 3.8) is 0 Å². The van der Waals surface area contributed by atoms with Crippen LogP contribution in [0.5, 0.6) is 0 Å².